The average Bonchev–Trinajstić information content (AvgIpc) is 2.88. The number of nitrogens with one attached hydrogen (secondary N) is 1. The first-order valence-electron chi connectivity index (χ1n) is 5.82. The summed E-state index contributed by atoms with van der Waals surface area (Å²) >= 11 is 1.75. The van der Waals surface area contributed by atoms with Crippen LogP contribution in [0.15, 0.2) is 23.6 Å². The fraction of sp³-hybridized carbons (Fsp3) is 0.333. The molecule has 0 amide bonds. The van der Waals surface area contributed by atoms with Gasteiger partial charge in [0.25, 0.3) is 0 Å². The fourth-order valence-corrected chi connectivity index (χ4v) is 2.44. The summed E-state index contributed by atoms with van der Waals surface area (Å²) in [7, 11) is 0. The first-order chi connectivity index (χ1) is 8.72. The molecule has 0 bridgehead atoms. The molecule has 2 aromatic rings. The smallest absolute Gasteiger partial charge is 0.239 e. The molecule has 0 aromatic carbocycles. The van der Waals surface area contributed by atoms with Crippen LogP contribution in [0.5, 0.6) is 0 Å². The van der Waals surface area contributed by atoms with Crippen molar-refractivity contribution < 1.29 is 0 Å². The maximum atomic E-state index is 5.37. The Bertz CT molecular complexity index is 497. The quantitative estimate of drug-likeness (QED) is 0.639. The van der Waals surface area contributed by atoms with Crippen molar-refractivity contribution in [3.8, 4) is 0 Å². The topological polar surface area (TPSA) is 67.1 Å². The van der Waals surface area contributed by atoms with E-state index >= 15 is 0 Å². The Balaban J connectivity index is 2.24. The predicted molar refractivity (Wildman–Crippen MR) is 75.6 cm³/mol. The van der Waals surface area contributed by atoms with Crippen LogP contribution >= 0.6 is 11.3 Å². The van der Waals surface area contributed by atoms with Crippen molar-refractivity contribution in [3.63, 3.8) is 0 Å². The fourth-order valence-electron chi connectivity index (χ4n) is 1.72. The van der Waals surface area contributed by atoms with Crippen molar-refractivity contribution in [3.05, 3.63) is 34.2 Å². The summed E-state index contributed by atoms with van der Waals surface area (Å²) in [6.45, 7) is 5.79. The maximum absolute atomic E-state index is 5.37. The lowest BCUT2D eigenvalue weighted by Crippen LogP contribution is -2.24. The summed E-state index contributed by atoms with van der Waals surface area (Å²) in [5.41, 5.74) is 3.40. The van der Waals surface area contributed by atoms with Crippen LogP contribution < -0.4 is 16.2 Å². The van der Waals surface area contributed by atoms with Gasteiger partial charge in [-0.3, -0.25) is 5.43 Å². The number of hydrogen-bond donors (Lipinski definition) is 2. The zero-order valence-corrected chi connectivity index (χ0v) is 11.4. The van der Waals surface area contributed by atoms with Gasteiger partial charge >= 0.3 is 0 Å². The molecule has 0 radical (unpaired) electrons. The number of hydrazine groups is 1. The Morgan fingerprint density at radius 2 is 2.28 bits per heavy atom. The van der Waals surface area contributed by atoms with Crippen LogP contribution in [-0.4, -0.2) is 16.5 Å². The molecule has 0 unspecified atom stereocenters. The van der Waals surface area contributed by atoms with Crippen molar-refractivity contribution in [2.45, 2.75) is 20.4 Å². The lowest BCUT2D eigenvalue weighted by molar-refractivity contribution is 0.817. The van der Waals surface area contributed by atoms with E-state index in [1.165, 1.54) is 4.88 Å². The minimum atomic E-state index is 0.453. The molecule has 96 valence electrons. The molecule has 0 spiro atoms. The van der Waals surface area contributed by atoms with Crippen LogP contribution in [0.1, 0.15) is 17.5 Å². The number of hydrogen-bond acceptors (Lipinski definition) is 6. The highest BCUT2D eigenvalue weighted by atomic mass is 32.1. The molecular weight excluding hydrogens is 246 g/mol. The minimum absolute atomic E-state index is 0.453. The van der Waals surface area contributed by atoms with Crippen LogP contribution in [0.2, 0.25) is 0 Å². The van der Waals surface area contributed by atoms with Gasteiger partial charge < -0.3 is 4.90 Å². The highest BCUT2D eigenvalue weighted by molar-refractivity contribution is 7.09. The van der Waals surface area contributed by atoms with Crippen molar-refractivity contribution in [2.75, 3.05) is 16.9 Å². The van der Waals surface area contributed by atoms with Gasteiger partial charge in [-0.1, -0.05) is 6.07 Å². The lowest BCUT2D eigenvalue weighted by atomic mass is 10.3. The molecule has 18 heavy (non-hydrogen) atoms. The van der Waals surface area contributed by atoms with Crippen LogP contribution in [-0.2, 0) is 6.54 Å². The zero-order valence-electron chi connectivity index (χ0n) is 10.6. The Morgan fingerprint density at radius 3 is 2.89 bits per heavy atom. The second-order valence-electron chi connectivity index (χ2n) is 3.93. The SMILES string of the molecule is CCN(Cc1cccs1)c1cc(C)nc(NN)n1. The van der Waals surface area contributed by atoms with Crippen LogP contribution in [0, 0.1) is 6.92 Å². The predicted octanol–water partition coefficient (Wildman–Crippen LogP) is 2.16. The van der Waals surface area contributed by atoms with Gasteiger partial charge in [-0.25, -0.2) is 10.8 Å². The lowest BCUT2D eigenvalue weighted by Gasteiger charge is -2.21. The number of anilines is 2. The van der Waals surface area contributed by atoms with Crippen LogP contribution in [0.25, 0.3) is 0 Å². The first-order valence-corrected chi connectivity index (χ1v) is 6.70. The number of aryl methyl sites for hydroxylation is 1. The minimum Gasteiger partial charge on any atom is -0.352 e. The second-order valence-corrected chi connectivity index (χ2v) is 4.96. The molecule has 0 atom stereocenters. The average molecular weight is 263 g/mol. The van der Waals surface area contributed by atoms with Gasteiger partial charge in [0.05, 0.1) is 6.54 Å². The molecule has 5 nitrogen and oxygen atoms in total. The van der Waals surface area contributed by atoms with Gasteiger partial charge in [0, 0.05) is 23.2 Å². The van der Waals surface area contributed by atoms with Crippen molar-refractivity contribution in [2.24, 2.45) is 5.84 Å². The molecule has 0 aliphatic heterocycles. The third-order valence-corrected chi connectivity index (χ3v) is 3.46. The standard InChI is InChI=1S/C12H17N5S/c1-3-17(8-10-5-4-6-18-10)11-7-9(2)14-12(15-11)16-13/h4-7H,3,8,13H2,1-2H3,(H,14,15,16). The van der Waals surface area contributed by atoms with E-state index in [-0.39, 0.29) is 0 Å². The van der Waals surface area contributed by atoms with Gasteiger partial charge in [0.2, 0.25) is 5.95 Å². The van der Waals surface area contributed by atoms with Gasteiger partial charge in [-0.15, -0.1) is 11.3 Å². The first kappa shape index (κ1) is 12.8. The summed E-state index contributed by atoms with van der Waals surface area (Å²) in [6.07, 6.45) is 0. The highest BCUT2D eigenvalue weighted by Gasteiger charge is 2.09. The monoisotopic (exact) mass is 263 g/mol. The third-order valence-electron chi connectivity index (χ3n) is 2.60. The van der Waals surface area contributed by atoms with E-state index in [9.17, 15) is 0 Å². The number of thiophene rings is 1. The van der Waals surface area contributed by atoms with E-state index in [0.29, 0.717) is 5.95 Å². The van der Waals surface area contributed by atoms with E-state index in [1.54, 1.807) is 11.3 Å². The normalized spacial score (nSPS) is 10.4. The van der Waals surface area contributed by atoms with E-state index in [1.807, 2.05) is 13.0 Å². The summed E-state index contributed by atoms with van der Waals surface area (Å²) in [5.74, 6) is 6.72. The number of nitrogens with zero attached hydrogens (tertiary/aromatic N) is 3. The molecule has 2 heterocycles. The Kier molecular flexibility index (Phi) is 4.11. The van der Waals surface area contributed by atoms with Gasteiger partial charge in [0.1, 0.15) is 5.82 Å². The molecule has 0 aliphatic rings. The van der Waals surface area contributed by atoms with E-state index in [0.717, 1.165) is 24.6 Å². The molecule has 0 saturated heterocycles. The molecule has 2 rings (SSSR count). The van der Waals surface area contributed by atoms with Crippen molar-refractivity contribution in [1.29, 1.82) is 0 Å². The summed E-state index contributed by atoms with van der Waals surface area (Å²) < 4.78 is 0. The van der Waals surface area contributed by atoms with Crippen LogP contribution in [0.4, 0.5) is 11.8 Å². The summed E-state index contributed by atoms with van der Waals surface area (Å²) in [4.78, 5) is 12.1. The molecular formula is C12H17N5S. The number of nitrogen functional groups attached to an aromatic ring is 1. The maximum Gasteiger partial charge on any atom is 0.239 e. The van der Waals surface area contributed by atoms with Gasteiger partial charge in [0.15, 0.2) is 0 Å². The zero-order chi connectivity index (χ0) is 13.0. The summed E-state index contributed by atoms with van der Waals surface area (Å²) in [6, 6.07) is 6.16. The van der Waals surface area contributed by atoms with Crippen molar-refractivity contribution in [1.82, 2.24) is 9.97 Å². The largest absolute Gasteiger partial charge is 0.352 e. The highest BCUT2D eigenvalue weighted by Crippen LogP contribution is 2.19. The Morgan fingerprint density at radius 1 is 1.44 bits per heavy atom. The number of aromatic nitrogens is 2. The van der Waals surface area contributed by atoms with Gasteiger partial charge in [-0.2, -0.15) is 4.98 Å². The third kappa shape index (κ3) is 2.96. The number of nitrogens with two attached hydrogens (primary N) is 1. The molecule has 0 fully saturated rings. The molecule has 6 heteroatoms. The van der Waals surface area contributed by atoms with E-state index in [2.05, 4.69) is 44.7 Å². The Labute approximate surface area is 111 Å². The number of rotatable bonds is 5. The van der Waals surface area contributed by atoms with Crippen LogP contribution in [0.3, 0.4) is 0 Å². The van der Waals surface area contributed by atoms with Gasteiger partial charge in [-0.05, 0) is 25.3 Å². The van der Waals surface area contributed by atoms with E-state index in [4.69, 9.17) is 5.84 Å². The molecule has 0 aliphatic carbocycles. The van der Waals surface area contributed by atoms with E-state index < -0.39 is 0 Å². The summed E-state index contributed by atoms with van der Waals surface area (Å²) in [5, 5.41) is 2.08. The molecule has 3 N–H and O–H groups in total. The Hall–Kier alpha value is -1.66. The molecule has 0 saturated carbocycles. The molecule has 2 aromatic heterocycles. The van der Waals surface area contributed by atoms with Crippen molar-refractivity contribution >= 4 is 23.1 Å². The second kappa shape index (κ2) is 5.79.